The van der Waals surface area contributed by atoms with Gasteiger partial charge in [0, 0.05) is 17.8 Å². The van der Waals surface area contributed by atoms with Crippen molar-refractivity contribution in [2.24, 2.45) is 0 Å². The number of halogens is 1. The Morgan fingerprint density at radius 2 is 1.84 bits per heavy atom. The number of anilines is 1. The number of thiocarbonyl (C=S) groups is 1. The molecular weight excluding hydrogens is 540 g/mol. The van der Waals surface area contributed by atoms with E-state index in [0.29, 0.717) is 19.9 Å². The third-order valence-electron chi connectivity index (χ3n) is 6.09. The lowest BCUT2D eigenvalue weighted by Crippen LogP contribution is -2.27. The topological polar surface area (TPSA) is 86.9 Å². The van der Waals surface area contributed by atoms with E-state index in [-0.39, 0.29) is 35.9 Å². The van der Waals surface area contributed by atoms with E-state index in [1.54, 1.807) is 18.3 Å². The van der Waals surface area contributed by atoms with Gasteiger partial charge >= 0.3 is 0 Å². The van der Waals surface area contributed by atoms with Gasteiger partial charge in [0.2, 0.25) is 0 Å². The summed E-state index contributed by atoms with van der Waals surface area (Å²) in [6.45, 7) is 2.23. The number of aryl methyl sites for hydroxylation is 1. The summed E-state index contributed by atoms with van der Waals surface area (Å²) >= 11 is 12.9. The predicted octanol–water partition coefficient (Wildman–Crippen LogP) is 5.20. The average molecular weight is 563 g/mol. The van der Waals surface area contributed by atoms with E-state index in [2.05, 4.69) is 10.3 Å². The van der Waals surface area contributed by atoms with Crippen LogP contribution in [0.1, 0.15) is 28.4 Å². The Morgan fingerprint density at radius 3 is 2.61 bits per heavy atom. The summed E-state index contributed by atoms with van der Waals surface area (Å²) < 4.78 is 1.82. The number of aromatic nitrogens is 2. The fourth-order valence-corrected chi connectivity index (χ4v) is 5.51. The Balaban J connectivity index is 1.51. The number of fused-ring (bicyclic) bond motifs is 1. The lowest BCUT2D eigenvalue weighted by molar-refractivity contribution is -0.122. The van der Waals surface area contributed by atoms with Crippen molar-refractivity contribution in [2.75, 3.05) is 11.9 Å². The summed E-state index contributed by atoms with van der Waals surface area (Å²) in [5.41, 5.74) is 2.69. The van der Waals surface area contributed by atoms with Gasteiger partial charge in [-0.15, -0.1) is 0 Å². The van der Waals surface area contributed by atoms with E-state index in [9.17, 15) is 14.7 Å². The third-order valence-corrected chi connectivity index (χ3v) is 7.83. The highest BCUT2D eigenvalue weighted by Gasteiger charge is 2.33. The first kappa shape index (κ1) is 26.1. The number of hydrogen-bond acceptors (Lipinski definition) is 7. The highest BCUT2D eigenvalue weighted by molar-refractivity contribution is 8.26. The third kappa shape index (κ3) is 5.37. The minimum absolute atomic E-state index is 0.118. The van der Waals surface area contributed by atoms with Crippen LogP contribution in [0.5, 0.6) is 0 Å². The second-order valence-electron chi connectivity index (χ2n) is 8.78. The lowest BCUT2D eigenvalue weighted by atomic mass is 10.1. The Labute approximate surface area is 233 Å². The van der Waals surface area contributed by atoms with Gasteiger partial charge in [0.1, 0.15) is 15.8 Å². The van der Waals surface area contributed by atoms with E-state index in [1.165, 1.54) is 15.4 Å². The number of thioether (sulfide) groups is 1. The summed E-state index contributed by atoms with van der Waals surface area (Å²) in [7, 11) is 0. The van der Waals surface area contributed by atoms with Crippen LogP contribution in [0.4, 0.5) is 5.82 Å². The van der Waals surface area contributed by atoms with Crippen molar-refractivity contribution in [3.05, 3.63) is 115 Å². The molecule has 1 aliphatic rings. The van der Waals surface area contributed by atoms with Crippen LogP contribution in [-0.2, 0) is 11.3 Å². The first-order valence-corrected chi connectivity index (χ1v) is 13.4. The average Bonchev–Trinajstić information content (AvgIpc) is 3.18. The maximum absolute atomic E-state index is 13.6. The molecule has 1 aliphatic heterocycles. The van der Waals surface area contributed by atoms with Gasteiger partial charge in [0.15, 0.2) is 0 Å². The fraction of sp³-hybridized carbons (Fsp3) is 0.143. The van der Waals surface area contributed by atoms with Crippen LogP contribution in [0.25, 0.3) is 11.7 Å². The zero-order valence-electron chi connectivity index (χ0n) is 20.3. The van der Waals surface area contributed by atoms with Crippen LogP contribution >= 0.6 is 35.6 Å². The number of amides is 1. The fourth-order valence-electron chi connectivity index (χ4n) is 4.07. The van der Waals surface area contributed by atoms with E-state index < -0.39 is 6.10 Å². The quantitative estimate of drug-likeness (QED) is 0.236. The number of hydrogen-bond donors (Lipinski definition) is 2. The number of carbonyl (C=O) groups is 1. The van der Waals surface area contributed by atoms with Gasteiger partial charge in [-0.2, -0.15) is 0 Å². The molecule has 4 aromatic rings. The van der Waals surface area contributed by atoms with Gasteiger partial charge in [-0.05, 0) is 41.8 Å². The molecule has 2 N–H and O–H groups in total. The highest BCUT2D eigenvalue weighted by atomic mass is 35.5. The predicted molar refractivity (Wildman–Crippen MR) is 156 cm³/mol. The largest absolute Gasteiger partial charge is 0.387 e. The number of aliphatic hydroxyl groups excluding tert-OH is 1. The van der Waals surface area contributed by atoms with Crippen molar-refractivity contribution in [1.82, 2.24) is 14.3 Å². The zero-order chi connectivity index (χ0) is 26.8. The minimum Gasteiger partial charge on any atom is -0.387 e. The Kier molecular flexibility index (Phi) is 7.62. The van der Waals surface area contributed by atoms with Gasteiger partial charge in [-0.1, -0.05) is 90.2 Å². The van der Waals surface area contributed by atoms with Crippen molar-refractivity contribution >= 4 is 63.3 Å². The summed E-state index contributed by atoms with van der Waals surface area (Å²) in [5, 5.41) is 14.3. The van der Waals surface area contributed by atoms with Crippen molar-refractivity contribution in [1.29, 1.82) is 0 Å². The van der Waals surface area contributed by atoms with Crippen LogP contribution < -0.4 is 10.9 Å². The van der Waals surface area contributed by atoms with E-state index in [1.807, 2.05) is 61.5 Å². The van der Waals surface area contributed by atoms with Crippen LogP contribution in [-0.4, -0.2) is 36.2 Å². The maximum Gasteiger partial charge on any atom is 0.267 e. The molecule has 5 rings (SSSR count). The standard InChI is InChI=1S/C28H23ClN4O3S2/c1-17-11-12-24-31-25(30-14-22(34)18-7-3-2-4-8-18)20(26(35)32(24)15-17)13-23-27(36)33(28(37)38-23)16-19-9-5-6-10-21(19)29/h2-13,15,22,30,34H,14,16H2,1H3. The van der Waals surface area contributed by atoms with Crippen molar-refractivity contribution in [2.45, 2.75) is 19.6 Å². The van der Waals surface area contributed by atoms with Crippen molar-refractivity contribution in [3.63, 3.8) is 0 Å². The normalized spacial score (nSPS) is 15.4. The summed E-state index contributed by atoms with van der Waals surface area (Å²) in [6.07, 6.45) is 2.40. The zero-order valence-corrected chi connectivity index (χ0v) is 22.7. The van der Waals surface area contributed by atoms with Gasteiger partial charge in [-0.3, -0.25) is 18.9 Å². The number of nitrogens with one attached hydrogen (secondary N) is 1. The molecule has 1 unspecified atom stereocenters. The Hall–Kier alpha value is -3.50. The summed E-state index contributed by atoms with van der Waals surface area (Å²) in [6, 6.07) is 20.1. The smallest absolute Gasteiger partial charge is 0.267 e. The molecule has 0 bridgehead atoms. The first-order chi connectivity index (χ1) is 18.3. The molecule has 10 heteroatoms. The number of benzene rings is 2. The lowest BCUT2D eigenvalue weighted by Gasteiger charge is -2.16. The molecule has 0 aliphatic carbocycles. The highest BCUT2D eigenvalue weighted by Crippen LogP contribution is 2.35. The number of carbonyl (C=O) groups excluding carboxylic acids is 1. The molecule has 1 fully saturated rings. The van der Waals surface area contributed by atoms with Gasteiger partial charge < -0.3 is 10.4 Å². The van der Waals surface area contributed by atoms with Crippen molar-refractivity contribution < 1.29 is 9.90 Å². The number of aliphatic hydroxyl groups is 1. The van der Waals surface area contributed by atoms with Crippen LogP contribution in [0.3, 0.4) is 0 Å². The maximum atomic E-state index is 13.6. The van der Waals surface area contributed by atoms with Gasteiger partial charge in [-0.25, -0.2) is 4.98 Å². The monoisotopic (exact) mass is 562 g/mol. The number of rotatable bonds is 7. The minimum atomic E-state index is -0.823. The molecule has 0 spiro atoms. The molecule has 7 nitrogen and oxygen atoms in total. The van der Waals surface area contributed by atoms with E-state index in [4.69, 9.17) is 23.8 Å². The summed E-state index contributed by atoms with van der Waals surface area (Å²) in [5.74, 6) is -0.0471. The van der Waals surface area contributed by atoms with E-state index >= 15 is 0 Å². The number of nitrogens with zero attached hydrogens (tertiary/aromatic N) is 3. The Bertz CT molecular complexity index is 1640. The molecule has 0 saturated carbocycles. The summed E-state index contributed by atoms with van der Waals surface area (Å²) in [4.78, 5) is 33.4. The van der Waals surface area contributed by atoms with Gasteiger partial charge in [0.25, 0.3) is 11.5 Å². The van der Waals surface area contributed by atoms with Crippen LogP contribution in [0.2, 0.25) is 5.02 Å². The van der Waals surface area contributed by atoms with Gasteiger partial charge in [0.05, 0.1) is 23.1 Å². The second-order valence-corrected chi connectivity index (χ2v) is 10.9. The van der Waals surface area contributed by atoms with Crippen LogP contribution in [0, 0.1) is 6.92 Å². The molecule has 2 aromatic heterocycles. The molecule has 38 heavy (non-hydrogen) atoms. The number of pyridine rings is 1. The second kappa shape index (κ2) is 11.1. The molecule has 1 saturated heterocycles. The molecule has 2 aromatic carbocycles. The molecule has 1 amide bonds. The van der Waals surface area contributed by atoms with E-state index in [0.717, 1.165) is 28.5 Å². The molecule has 1 atom stereocenters. The molecule has 0 radical (unpaired) electrons. The molecule has 3 heterocycles. The first-order valence-electron chi connectivity index (χ1n) is 11.8. The Morgan fingerprint density at radius 1 is 1.11 bits per heavy atom. The van der Waals surface area contributed by atoms with Crippen LogP contribution in [0.15, 0.2) is 82.6 Å². The molecule has 192 valence electrons. The van der Waals surface area contributed by atoms with Crippen molar-refractivity contribution in [3.8, 4) is 0 Å². The molecular formula is C28H23ClN4O3S2. The SMILES string of the molecule is Cc1ccc2nc(NCC(O)c3ccccc3)c(C=C3SC(=S)N(Cc4ccccc4Cl)C3=O)c(=O)n2c1.